The summed E-state index contributed by atoms with van der Waals surface area (Å²) in [5.74, 6) is 3.90. The van der Waals surface area contributed by atoms with Crippen LogP contribution in [0, 0.1) is 13.7 Å². The maximum atomic E-state index is 12.1. The Balaban J connectivity index is 0.000000157. The van der Waals surface area contributed by atoms with Crippen LogP contribution in [-0.4, -0.2) is 99.6 Å². The van der Waals surface area contributed by atoms with Crippen molar-refractivity contribution >= 4 is 107 Å². The largest absolute Gasteiger partial charge is 0.497 e. The van der Waals surface area contributed by atoms with Crippen molar-refractivity contribution in [1.82, 2.24) is 14.8 Å². The minimum absolute atomic E-state index is 0. The molecule has 4 heterocycles. The fourth-order valence-corrected chi connectivity index (χ4v) is 11.9. The Hall–Kier alpha value is -9.93. The van der Waals surface area contributed by atoms with E-state index in [0.29, 0.717) is 66.0 Å². The molecule has 3 aromatic heterocycles. The van der Waals surface area contributed by atoms with Crippen molar-refractivity contribution in [1.29, 1.82) is 0 Å². The monoisotopic (exact) mass is 1460 g/mol. The average molecular weight is 1460 g/mol. The number of piperidine rings is 1. The number of nitrogens with one attached hydrogen (secondary N) is 2. The lowest BCUT2D eigenvalue weighted by atomic mass is 9.88. The van der Waals surface area contributed by atoms with Gasteiger partial charge in [-0.25, -0.2) is 0 Å². The number of rotatable bonds is 16. The van der Waals surface area contributed by atoms with E-state index in [2.05, 4.69) is 40.0 Å². The number of pyridine rings is 1. The molecule has 508 valence electrons. The molecule has 1 aliphatic heterocycles. The van der Waals surface area contributed by atoms with E-state index >= 15 is 0 Å². The number of halogens is 2. The molecule has 2 N–H and O–H groups in total. The molecule has 1 amide bonds. The van der Waals surface area contributed by atoms with Crippen molar-refractivity contribution in [2.45, 2.75) is 58.3 Å². The van der Waals surface area contributed by atoms with Crippen molar-refractivity contribution in [2.24, 2.45) is 0 Å². The van der Waals surface area contributed by atoms with E-state index in [1.54, 1.807) is 82.0 Å². The predicted molar refractivity (Wildman–Crippen MR) is 401 cm³/mol. The number of H-pyrrole nitrogens is 1. The van der Waals surface area contributed by atoms with E-state index in [4.69, 9.17) is 27.8 Å². The summed E-state index contributed by atoms with van der Waals surface area (Å²) in [4.78, 5) is 76.2. The number of hydrogen-bond donors (Lipinski definition) is 2. The van der Waals surface area contributed by atoms with Crippen LogP contribution in [0.1, 0.15) is 73.4 Å². The summed E-state index contributed by atoms with van der Waals surface area (Å²) < 4.78 is 33.8. The van der Waals surface area contributed by atoms with Crippen LogP contribution in [0.2, 0.25) is 0 Å². The quantitative estimate of drug-likeness (QED) is 0.0229. The summed E-state index contributed by atoms with van der Waals surface area (Å²) in [6.45, 7) is 10.6. The van der Waals surface area contributed by atoms with E-state index < -0.39 is 4.92 Å². The topological polar surface area (TPSA) is 226 Å². The van der Waals surface area contributed by atoms with E-state index in [1.807, 2.05) is 127 Å². The van der Waals surface area contributed by atoms with Gasteiger partial charge in [0.05, 0.1) is 53.7 Å². The maximum absolute atomic E-state index is 12.1. The van der Waals surface area contributed by atoms with Gasteiger partial charge in [0.2, 0.25) is 5.91 Å². The fraction of sp³-hybridized carbons (Fsp3) is 0.244. The van der Waals surface area contributed by atoms with Gasteiger partial charge in [-0.3, -0.25) is 34.1 Å². The summed E-state index contributed by atoms with van der Waals surface area (Å²) in [5.41, 5.74) is 8.38. The molecule has 18 nitrogen and oxygen atoms in total. The predicted octanol–water partition coefficient (Wildman–Crippen LogP) is 16.6. The van der Waals surface area contributed by atoms with E-state index in [1.165, 1.54) is 93.6 Å². The molecule has 0 radical (unpaired) electrons. The summed E-state index contributed by atoms with van der Waals surface area (Å²) in [7, 11) is 8.45. The van der Waals surface area contributed by atoms with Crippen molar-refractivity contribution in [3.8, 4) is 45.6 Å². The Morgan fingerprint density at radius 2 is 1.27 bits per heavy atom. The highest BCUT2D eigenvalue weighted by molar-refractivity contribution is 14.1. The van der Waals surface area contributed by atoms with E-state index in [-0.39, 0.29) is 46.2 Å². The number of ketones is 1. The number of allylic oxidation sites excluding steroid dienone is 1. The van der Waals surface area contributed by atoms with Gasteiger partial charge in [-0.1, -0.05) is 67.6 Å². The Morgan fingerprint density at radius 3 is 1.89 bits per heavy atom. The molecular weight excluding hydrogens is 1380 g/mol. The molecule has 0 bridgehead atoms. The number of carbonyl (C=O) groups excluding carboxylic acids is 2. The first-order valence-electron chi connectivity index (χ1n) is 31.9. The van der Waals surface area contributed by atoms with Gasteiger partial charge in [0.1, 0.15) is 34.2 Å². The summed E-state index contributed by atoms with van der Waals surface area (Å²) in [6.07, 6.45) is 10.1. The highest BCUT2D eigenvalue weighted by atomic mass is 127. The number of nitrogens with zero attached hydrogens (tertiary/aromatic N) is 3. The smallest absolute Gasteiger partial charge is 0.283 e. The molecule has 98 heavy (non-hydrogen) atoms. The number of aromatic amines is 1. The Morgan fingerprint density at radius 1 is 0.643 bits per heavy atom. The minimum Gasteiger partial charge on any atom is -0.497 e. The number of nitro benzene ring substituents is 1. The van der Waals surface area contributed by atoms with Crippen molar-refractivity contribution in [3.05, 3.63) is 250 Å². The van der Waals surface area contributed by atoms with Crippen LogP contribution >= 0.6 is 35.0 Å². The number of unbranched alkanes of at least 4 members (excludes halogenated alkanes) is 1. The first-order chi connectivity index (χ1) is 46.9. The Bertz CT molecular complexity index is 4790. The first-order valence-corrected chi connectivity index (χ1v) is 33.0. The number of Topliss-reactive ketones (excluding diaryl/α,β-unsaturated/α-hetero) is 1. The number of aromatic nitrogens is 1. The summed E-state index contributed by atoms with van der Waals surface area (Å²) in [5, 5.41) is 17.0. The summed E-state index contributed by atoms with van der Waals surface area (Å²) >= 11 is 1.86. The lowest BCUT2D eigenvalue weighted by molar-refractivity contribution is -0.385. The third kappa shape index (κ3) is 19.6. The zero-order valence-corrected chi connectivity index (χ0v) is 58.6. The number of methoxy groups -OCH3 is 3. The highest BCUT2D eigenvalue weighted by Gasteiger charge is 2.18. The molecule has 1 aliphatic carbocycles. The molecule has 8 aromatic carbocycles. The Labute approximate surface area is 587 Å². The number of fused-ring (bicyclic) bond motifs is 6. The standard InChI is InChI=1S/C20H29NO.C17H17N3O2.C17H14O4.C16H12O3.C8H6INO3.ClH/c1-17-9-7-11-19-18(17)10-8-12-20(19)22-16-6-5-15-21-13-3-2-4-14-21;1-20(2)10-16(21)18-11-7-8-15-14(9-11)12-5-3-4-6-13(12)17(22)19-15;1-19-15-8-7-11(9-17(15)20-2)16-10-13(18)12-5-3-4-6-14(12)21-16;1-18-12-8-6-11(7-9-12)16-10-14(17)13-4-2-3-5-15(13)19-16;1-5(11)6-2-3-7(9)8(4-6)10(12)13;/h8,10,12H,1-7,9,11,13-16H2;3-9H,10H2,1-2H3,(H,18,21)(H,19,22);3-10H,1-2H3;2-10H,1H3;2-4H,1H3;1H. The molecule has 2 aliphatic rings. The number of likely N-dealkylation sites (N-methyl/N-ethyl adjacent to an activating group) is 1. The second-order valence-electron chi connectivity index (χ2n) is 23.5. The van der Waals surface area contributed by atoms with Crippen LogP contribution < -0.4 is 40.7 Å². The van der Waals surface area contributed by atoms with Gasteiger partial charge in [-0.15, -0.1) is 12.4 Å². The van der Waals surface area contributed by atoms with Gasteiger partial charge in [0.25, 0.3) is 11.2 Å². The van der Waals surface area contributed by atoms with Gasteiger partial charge >= 0.3 is 0 Å². The zero-order valence-electron chi connectivity index (χ0n) is 55.7. The second kappa shape index (κ2) is 35.9. The van der Waals surface area contributed by atoms with Gasteiger partial charge in [0, 0.05) is 62.4 Å². The average Bonchev–Trinajstić information content (AvgIpc) is 0.786. The molecule has 0 saturated carbocycles. The fourth-order valence-electron chi connectivity index (χ4n) is 11.4. The van der Waals surface area contributed by atoms with Crippen molar-refractivity contribution in [3.63, 3.8) is 0 Å². The van der Waals surface area contributed by atoms with Crippen LogP contribution in [-0.2, 0) is 11.2 Å². The highest BCUT2D eigenvalue weighted by Crippen LogP contribution is 2.36. The lowest BCUT2D eigenvalue weighted by Gasteiger charge is -2.26. The van der Waals surface area contributed by atoms with Crippen molar-refractivity contribution < 1.29 is 42.3 Å². The Kier molecular flexibility index (Phi) is 27.0. The number of para-hydroxylation sites is 2. The normalized spacial score (nSPS) is 12.4. The molecule has 11 aromatic rings. The first kappa shape index (κ1) is 73.9. The van der Waals surface area contributed by atoms with Crippen LogP contribution in [0.5, 0.6) is 23.0 Å². The minimum atomic E-state index is -0.492. The van der Waals surface area contributed by atoms with E-state index in [0.717, 1.165) is 70.5 Å². The summed E-state index contributed by atoms with van der Waals surface area (Å²) in [6, 6.07) is 54.0. The number of carbonyl (C=O) groups is 2. The number of likely N-dealkylation sites (tertiary alicyclic amines) is 1. The van der Waals surface area contributed by atoms with Gasteiger partial charge in [0.15, 0.2) is 28.1 Å². The molecule has 0 spiro atoms. The van der Waals surface area contributed by atoms with Crippen LogP contribution in [0.25, 0.3) is 71.8 Å². The molecule has 20 heteroatoms. The third-order valence-electron chi connectivity index (χ3n) is 16.3. The van der Waals surface area contributed by atoms with Gasteiger partial charge < -0.3 is 47.9 Å². The van der Waals surface area contributed by atoms with Crippen LogP contribution in [0.15, 0.2) is 212 Å². The second-order valence-corrected chi connectivity index (χ2v) is 24.6. The third-order valence-corrected chi connectivity index (χ3v) is 17.2. The SMILES string of the molecule is C=C1CCCc2c(OCCCCN3CCCCC3)cccc21.CC(=O)c1ccc(I)c([N+](=O)[O-])c1.CN(C)CC(=O)Nc1ccc2[nH]c(=O)c3ccccc3c2c1.COc1ccc(-c2cc(=O)c3ccccc3o2)cc1.COc1ccc(-c2cc(=O)c3ccccc3o2)cc1OC.Cl. The number of amides is 1. The molecule has 1 fully saturated rings. The van der Waals surface area contributed by atoms with Gasteiger partial charge in [-0.2, -0.15) is 0 Å². The molecule has 13 rings (SSSR count). The number of benzene rings is 8. The molecule has 1 saturated heterocycles. The number of ether oxygens (including phenoxy) is 4. The lowest BCUT2D eigenvalue weighted by Crippen LogP contribution is -2.30. The van der Waals surface area contributed by atoms with Gasteiger partial charge in [-0.05, 0) is 234 Å². The maximum Gasteiger partial charge on any atom is 0.283 e. The van der Waals surface area contributed by atoms with Crippen LogP contribution in [0.3, 0.4) is 0 Å². The number of hydrogen-bond acceptors (Lipinski definition) is 15. The molecular formula is C78H79ClIN5O13. The van der Waals surface area contributed by atoms with Crippen molar-refractivity contribution in [2.75, 3.05) is 73.5 Å². The molecule has 0 unspecified atom stereocenters. The number of nitro groups is 1. The van der Waals surface area contributed by atoms with E-state index in [9.17, 15) is 34.1 Å². The van der Waals surface area contributed by atoms with Crippen LogP contribution in [0.4, 0.5) is 11.4 Å². The zero-order chi connectivity index (χ0) is 69.0. The molecule has 0 atom stereocenters. The number of anilines is 1.